The van der Waals surface area contributed by atoms with E-state index in [4.69, 9.17) is 9.72 Å². The van der Waals surface area contributed by atoms with Gasteiger partial charge in [-0.15, -0.1) is 0 Å². The topological polar surface area (TPSA) is 30.3 Å². The fourth-order valence-corrected chi connectivity index (χ4v) is 4.54. The van der Waals surface area contributed by atoms with Crippen molar-refractivity contribution in [2.75, 3.05) is 13.7 Å². The maximum absolute atomic E-state index is 5.36. The van der Waals surface area contributed by atoms with Crippen LogP contribution >= 0.6 is 0 Å². The summed E-state index contributed by atoms with van der Waals surface area (Å²) in [6.45, 7) is 8.26. The van der Waals surface area contributed by atoms with Crippen molar-refractivity contribution in [1.29, 1.82) is 0 Å². The zero-order valence-electron chi connectivity index (χ0n) is 21.3. The Morgan fingerprint density at radius 2 is 1.43 bits per heavy atom. The van der Waals surface area contributed by atoms with Crippen LogP contribution in [0.2, 0.25) is 0 Å². The van der Waals surface area contributed by atoms with E-state index in [9.17, 15) is 0 Å². The molecule has 35 heavy (non-hydrogen) atoms. The van der Waals surface area contributed by atoms with E-state index in [2.05, 4.69) is 108 Å². The lowest BCUT2D eigenvalue weighted by atomic mass is 10.1. The number of aromatic nitrogens is 2. The molecule has 0 fully saturated rings. The zero-order chi connectivity index (χ0) is 24.5. The molecule has 0 atom stereocenters. The minimum absolute atomic E-state index is 0.857. The fourth-order valence-electron chi connectivity index (χ4n) is 4.54. The quantitative estimate of drug-likeness (QED) is 0.217. The number of hydrogen-bond acceptors (Lipinski definition) is 3. The largest absolute Gasteiger partial charge is 0.497 e. The van der Waals surface area contributed by atoms with E-state index < -0.39 is 0 Å². The average Bonchev–Trinajstić information content (AvgIpc) is 3.26. The van der Waals surface area contributed by atoms with Gasteiger partial charge in [-0.25, -0.2) is 4.98 Å². The normalized spacial score (nSPS) is 11.2. The van der Waals surface area contributed by atoms with Gasteiger partial charge in [-0.1, -0.05) is 93.1 Å². The van der Waals surface area contributed by atoms with Crippen LogP contribution in [0, 0.1) is 0 Å². The van der Waals surface area contributed by atoms with E-state index in [0.29, 0.717) is 0 Å². The van der Waals surface area contributed by atoms with Gasteiger partial charge in [0.25, 0.3) is 0 Å². The van der Waals surface area contributed by atoms with Gasteiger partial charge in [0, 0.05) is 30.8 Å². The first kappa shape index (κ1) is 24.7. The molecule has 0 aliphatic rings. The number of benzene rings is 3. The van der Waals surface area contributed by atoms with Crippen molar-refractivity contribution in [3.05, 3.63) is 96.2 Å². The van der Waals surface area contributed by atoms with Gasteiger partial charge in [0.05, 0.1) is 18.5 Å². The Morgan fingerprint density at radius 3 is 2.03 bits per heavy atom. The van der Waals surface area contributed by atoms with Crippen LogP contribution in [0.1, 0.15) is 44.4 Å². The minimum Gasteiger partial charge on any atom is -0.497 e. The lowest BCUT2D eigenvalue weighted by Crippen LogP contribution is -2.26. The van der Waals surface area contributed by atoms with E-state index in [1.807, 2.05) is 0 Å². The molecule has 4 rings (SSSR count). The van der Waals surface area contributed by atoms with Crippen LogP contribution in [-0.2, 0) is 19.6 Å². The van der Waals surface area contributed by atoms with E-state index in [-0.39, 0.29) is 0 Å². The number of methoxy groups -OCH3 is 1. The number of hydrogen-bond donors (Lipinski definition) is 0. The van der Waals surface area contributed by atoms with Crippen molar-refractivity contribution in [1.82, 2.24) is 14.5 Å². The number of unbranched alkanes of at least 4 members (excludes halogenated alkanes) is 1. The summed E-state index contributed by atoms with van der Waals surface area (Å²) in [6.07, 6.45) is 3.41. The summed E-state index contributed by atoms with van der Waals surface area (Å²) in [7, 11) is 1.72. The van der Waals surface area contributed by atoms with Crippen molar-refractivity contribution < 1.29 is 4.74 Å². The van der Waals surface area contributed by atoms with Crippen LogP contribution < -0.4 is 4.74 Å². The Labute approximate surface area is 210 Å². The van der Waals surface area contributed by atoms with Crippen molar-refractivity contribution in [3.8, 4) is 28.4 Å². The first-order valence-corrected chi connectivity index (χ1v) is 12.8. The lowest BCUT2D eigenvalue weighted by molar-refractivity contribution is 0.246. The summed E-state index contributed by atoms with van der Waals surface area (Å²) in [6, 6.07) is 29.7. The molecular formula is C31H37N3O. The van der Waals surface area contributed by atoms with Gasteiger partial charge in [-0.3, -0.25) is 4.90 Å². The Bertz CT molecular complexity index is 1170. The predicted molar refractivity (Wildman–Crippen MR) is 145 cm³/mol. The third-order valence-electron chi connectivity index (χ3n) is 6.37. The molecule has 0 amide bonds. The molecule has 3 aromatic carbocycles. The van der Waals surface area contributed by atoms with Crippen LogP contribution in [-0.4, -0.2) is 28.1 Å². The second-order valence-electron chi connectivity index (χ2n) is 9.03. The molecule has 0 aliphatic heterocycles. The van der Waals surface area contributed by atoms with Crippen LogP contribution in [0.5, 0.6) is 5.75 Å². The number of imidazole rings is 1. The van der Waals surface area contributed by atoms with E-state index in [0.717, 1.165) is 49.9 Å². The van der Waals surface area contributed by atoms with Crippen LogP contribution in [0.3, 0.4) is 0 Å². The SMILES string of the molecule is CCCCN(Cc1ccc(OC)cc1)Cc1c(-c2ccccc2)nc(-c2ccccc2)n1CCC. The molecule has 1 aromatic heterocycles. The molecule has 4 heteroatoms. The van der Waals surface area contributed by atoms with Gasteiger partial charge in [0.1, 0.15) is 11.6 Å². The highest BCUT2D eigenvalue weighted by Crippen LogP contribution is 2.31. The van der Waals surface area contributed by atoms with Gasteiger partial charge >= 0.3 is 0 Å². The summed E-state index contributed by atoms with van der Waals surface area (Å²) >= 11 is 0. The Kier molecular flexibility index (Phi) is 8.74. The van der Waals surface area contributed by atoms with Gasteiger partial charge < -0.3 is 9.30 Å². The van der Waals surface area contributed by atoms with Crippen molar-refractivity contribution in [2.24, 2.45) is 0 Å². The second-order valence-corrected chi connectivity index (χ2v) is 9.03. The highest BCUT2D eigenvalue weighted by molar-refractivity contribution is 5.68. The molecule has 0 saturated carbocycles. The highest BCUT2D eigenvalue weighted by Gasteiger charge is 2.21. The van der Waals surface area contributed by atoms with Crippen molar-refractivity contribution in [2.45, 2.75) is 52.7 Å². The van der Waals surface area contributed by atoms with Gasteiger partial charge in [0.15, 0.2) is 0 Å². The van der Waals surface area contributed by atoms with E-state index in [1.54, 1.807) is 7.11 Å². The third kappa shape index (κ3) is 6.20. The molecule has 1 heterocycles. The van der Waals surface area contributed by atoms with Gasteiger partial charge in [-0.2, -0.15) is 0 Å². The van der Waals surface area contributed by atoms with E-state index in [1.165, 1.54) is 35.2 Å². The van der Waals surface area contributed by atoms with Gasteiger partial charge in [-0.05, 0) is 37.1 Å². The summed E-state index contributed by atoms with van der Waals surface area (Å²) in [5, 5.41) is 0. The molecule has 0 saturated heterocycles. The van der Waals surface area contributed by atoms with Crippen LogP contribution in [0.15, 0.2) is 84.9 Å². The third-order valence-corrected chi connectivity index (χ3v) is 6.37. The Morgan fingerprint density at radius 1 is 0.771 bits per heavy atom. The molecule has 0 spiro atoms. The number of nitrogens with zero attached hydrogens (tertiary/aromatic N) is 3. The van der Waals surface area contributed by atoms with Gasteiger partial charge in [0.2, 0.25) is 0 Å². The Balaban J connectivity index is 1.76. The second kappa shape index (κ2) is 12.4. The predicted octanol–water partition coefficient (Wildman–Crippen LogP) is 7.44. The molecular weight excluding hydrogens is 430 g/mol. The molecule has 4 nitrogen and oxygen atoms in total. The molecule has 0 aliphatic carbocycles. The summed E-state index contributed by atoms with van der Waals surface area (Å²) in [4.78, 5) is 7.82. The highest BCUT2D eigenvalue weighted by atomic mass is 16.5. The number of rotatable bonds is 12. The maximum Gasteiger partial charge on any atom is 0.140 e. The lowest BCUT2D eigenvalue weighted by Gasteiger charge is -2.24. The molecule has 4 aromatic rings. The van der Waals surface area contributed by atoms with Crippen molar-refractivity contribution in [3.63, 3.8) is 0 Å². The smallest absolute Gasteiger partial charge is 0.140 e. The summed E-state index contributed by atoms with van der Waals surface area (Å²) < 4.78 is 7.81. The van der Waals surface area contributed by atoms with E-state index >= 15 is 0 Å². The zero-order valence-corrected chi connectivity index (χ0v) is 21.3. The minimum atomic E-state index is 0.857. The number of ether oxygens (including phenoxy) is 1. The van der Waals surface area contributed by atoms with Crippen LogP contribution in [0.4, 0.5) is 0 Å². The monoisotopic (exact) mass is 467 g/mol. The fraction of sp³-hybridized carbons (Fsp3) is 0.323. The average molecular weight is 468 g/mol. The molecule has 0 radical (unpaired) electrons. The summed E-state index contributed by atoms with van der Waals surface area (Å²) in [5.41, 5.74) is 6.03. The first-order valence-electron chi connectivity index (χ1n) is 12.8. The molecule has 0 unspecified atom stereocenters. The first-order chi connectivity index (χ1) is 17.2. The molecule has 0 N–H and O–H groups in total. The molecule has 0 bridgehead atoms. The summed E-state index contributed by atoms with van der Waals surface area (Å²) in [5.74, 6) is 1.95. The van der Waals surface area contributed by atoms with Crippen molar-refractivity contribution >= 4 is 0 Å². The van der Waals surface area contributed by atoms with Crippen LogP contribution in [0.25, 0.3) is 22.6 Å². The standard InChI is InChI=1S/C31H37N3O/c1-4-6-22-33(23-25-17-19-28(35-3)20-18-25)24-29-30(26-13-9-7-10-14-26)32-31(34(29)21-5-2)27-15-11-8-12-16-27/h7-20H,4-6,21-24H2,1-3H3. The molecule has 182 valence electrons. The Hall–Kier alpha value is -3.37. The maximum atomic E-state index is 5.36.